The number of carbonyl (C=O) groups excluding carboxylic acids is 1. The highest BCUT2D eigenvalue weighted by atomic mass is 16.6. The molecular formula is C20H19N3O4. The molecule has 0 aliphatic heterocycles. The van der Waals surface area contributed by atoms with Gasteiger partial charge in [-0.2, -0.15) is 0 Å². The number of nitro benzene ring substituents is 1. The normalized spacial score (nSPS) is 11.8. The molecule has 0 bridgehead atoms. The first-order valence-electron chi connectivity index (χ1n) is 8.42. The van der Waals surface area contributed by atoms with E-state index in [1.165, 1.54) is 17.0 Å². The molecular weight excluding hydrogens is 346 g/mol. The lowest BCUT2D eigenvalue weighted by molar-refractivity contribution is -0.384. The van der Waals surface area contributed by atoms with Gasteiger partial charge in [0.15, 0.2) is 0 Å². The molecule has 1 unspecified atom stereocenters. The minimum Gasteiger partial charge on any atom is -0.350 e. The highest BCUT2D eigenvalue weighted by molar-refractivity contribution is 5.92. The molecule has 3 aromatic rings. The van der Waals surface area contributed by atoms with E-state index in [2.05, 4.69) is 5.16 Å². The Morgan fingerprint density at radius 2 is 1.89 bits per heavy atom. The average molecular weight is 365 g/mol. The van der Waals surface area contributed by atoms with E-state index in [9.17, 15) is 14.9 Å². The van der Waals surface area contributed by atoms with Crippen molar-refractivity contribution < 1.29 is 14.2 Å². The van der Waals surface area contributed by atoms with Gasteiger partial charge in [0.2, 0.25) is 5.76 Å². The molecule has 7 heteroatoms. The Kier molecular flexibility index (Phi) is 5.03. The number of hydrogen-bond acceptors (Lipinski definition) is 5. The number of benzene rings is 2. The van der Waals surface area contributed by atoms with Crippen molar-refractivity contribution in [3.8, 4) is 11.3 Å². The van der Waals surface area contributed by atoms with E-state index in [-0.39, 0.29) is 23.4 Å². The molecule has 0 aliphatic carbocycles. The van der Waals surface area contributed by atoms with Gasteiger partial charge in [-0.3, -0.25) is 14.9 Å². The zero-order valence-electron chi connectivity index (χ0n) is 15.2. The van der Waals surface area contributed by atoms with Gasteiger partial charge < -0.3 is 9.42 Å². The molecule has 0 spiro atoms. The van der Waals surface area contributed by atoms with E-state index in [0.717, 1.165) is 11.1 Å². The number of rotatable bonds is 5. The van der Waals surface area contributed by atoms with Gasteiger partial charge in [-0.25, -0.2) is 0 Å². The van der Waals surface area contributed by atoms with Crippen molar-refractivity contribution in [3.05, 3.63) is 81.6 Å². The van der Waals surface area contributed by atoms with Crippen LogP contribution in [0.1, 0.15) is 34.6 Å². The molecule has 2 aromatic carbocycles. The monoisotopic (exact) mass is 365 g/mol. The van der Waals surface area contributed by atoms with E-state index in [1.54, 1.807) is 32.2 Å². The summed E-state index contributed by atoms with van der Waals surface area (Å²) in [5.41, 5.74) is 3.22. The maximum atomic E-state index is 12.7. The van der Waals surface area contributed by atoms with Gasteiger partial charge in [0.25, 0.3) is 11.6 Å². The predicted molar refractivity (Wildman–Crippen MR) is 100 cm³/mol. The summed E-state index contributed by atoms with van der Waals surface area (Å²) in [4.78, 5) is 24.7. The van der Waals surface area contributed by atoms with E-state index in [0.29, 0.717) is 11.3 Å². The van der Waals surface area contributed by atoms with Crippen molar-refractivity contribution >= 4 is 11.6 Å². The zero-order valence-corrected chi connectivity index (χ0v) is 15.2. The average Bonchev–Trinajstić information content (AvgIpc) is 3.17. The second-order valence-corrected chi connectivity index (χ2v) is 6.39. The fourth-order valence-corrected chi connectivity index (χ4v) is 2.71. The Morgan fingerprint density at radius 3 is 2.56 bits per heavy atom. The molecule has 27 heavy (non-hydrogen) atoms. The van der Waals surface area contributed by atoms with Crippen LogP contribution in [0.5, 0.6) is 0 Å². The van der Waals surface area contributed by atoms with Crippen molar-refractivity contribution in [2.75, 3.05) is 7.05 Å². The lowest BCUT2D eigenvalue weighted by Gasteiger charge is -2.24. The second-order valence-electron chi connectivity index (χ2n) is 6.39. The Morgan fingerprint density at radius 1 is 1.19 bits per heavy atom. The van der Waals surface area contributed by atoms with Crippen LogP contribution >= 0.6 is 0 Å². The zero-order chi connectivity index (χ0) is 19.6. The summed E-state index contributed by atoms with van der Waals surface area (Å²) in [6, 6.07) is 15.2. The standard InChI is InChI=1S/C20H19N3O4/c1-13-7-9-15(10-8-13)18-12-19(27-21-18)20(24)22(3)14(2)16-5-4-6-17(11-16)23(25)26/h4-12,14H,1-3H3. The Hall–Kier alpha value is -3.48. The largest absolute Gasteiger partial charge is 0.350 e. The van der Waals surface area contributed by atoms with Crippen LogP contribution < -0.4 is 0 Å². The predicted octanol–water partition coefficient (Wildman–Crippen LogP) is 4.39. The van der Waals surface area contributed by atoms with Crippen LogP contribution in [0.4, 0.5) is 5.69 Å². The lowest BCUT2D eigenvalue weighted by Crippen LogP contribution is -2.29. The van der Waals surface area contributed by atoms with Gasteiger partial charge in [0.05, 0.1) is 11.0 Å². The number of hydrogen-bond donors (Lipinski definition) is 0. The fourth-order valence-electron chi connectivity index (χ4n) is 2.71. The number of nitro groups is 1. The minimum absolute atomic E-state index is 0.0125. The second kappa shape index (κ2) is 7.41. The number of nitrogens with zero attached hydrogens (tertiary/aromatic N) is 3. The maximum Gasteiger partial charge on any atom is 0.292 e. The number of non-ortho nitro benzene ring substituents is 1. The molecule has 0 fully saturated rings. The summed E-state index contributed by atoms with van der Waals surface area (Å²) in [6.07, 6.45) is 0. The molecule has 3 rings (SSSR count). The summed E-state index contributed by atoms with van der Waals surface area (Å²) in [6.45, 7) is 3.79. The first-order chi connectivity index (χ1) is 12.9. The fraction of sp³-hybridized carbons (Fsp3) is 0.200. The van der Waals surface area contributed by atoms with Crippen molar-refractivity contribution in [2.45, 2.75) is 19.9 Å². The van der Waals surface area contributed by atoms with Gasteiger partial charge in [0, 0.05) is 30.8 Å². The Balaban J connectivity index is 1.80. The van der Waals surface area contributed by atoms with Crippen molar-refractivity contribution in [3.63, 3.8) is 0 Å². The molecule has 7 nitrogen and oxygen atoms in total. The van der Waals surface area contributed by atoms with Crippen molar-refractivity contribution in [1.82, 2.24) is 10.1 Å². The SMILES string of the molecule is Cc1ccc(-c2cc(C(=O)N(C)C(C)c3cccc([N+](=O)[O-])c3)on2)cc1. The van der Waals surface area contributed by atoms with Crippen LogP contribution in [-0.2, 0) is 0 Å². The van der Waals surface area contributed by atoms with Crippen LogP contribution in [0.2, 0.25) is 0 Å². The molecule has 1 heterocycles. The van der Waals surface area contributed by atoms with E-state index in [1.807, 2.05) is 31.2 Å². The van der Waals surface area contributed by atoms with Crippen LogP contribution in [0.3, 0.4) is 0 Å². The first-order valence-corrected chi connectivity index (χ1v) is 8.42. The lowest BCUT2D eigenvalue weighted by atomic mass is 10.1. The molecule has 0 saturated carbocycles. The van der Waals surface area contributed by atoms with Gasteiger partial charge >= 0.3 is 0 Å². The smallest absolute Gasteiger partial charge is 0.292 e. The first kappa shape index (κ1) is 18.3. The summed E-state index contributed by atoms with van der Waals surface area (Å²) in [5, 5.41) is 14.9. The number of amides is 1. The van der Waals surface area contributed by atoms with Gasteiger partial charge in [-0.1, -0.05) is 47.1 Å². The third-order valence-electron chi connectivity index (χ3n) is 4.53. The molecule has 1 aromatic heterocycles. The molecule has 0 saturated heterocycles. The minimum atomic E-state index is -0.456. The topological polar surface area (TPSA) is 89.5 Å². The van der Waals surface area contributed by atoms with Crippen LogP contribution in [-0.4, -0.2) is 27.9 Å². The summed E-state index contributed by atoms with van der Waals surface area (Å²) >= 11 is 0. The van der Waals surface area contributed by atoms with Crippen LogP contribution in [0, 0.1) is 17.0 Å². The highest BCUT2D eigenvalue weighted by Crippen LogP contribution is 2.26. The van der Waals surface area contributed by atoms with Crippen molar-refractivity contribution in [2.24, 2.45) is 0 Å². The summed E-state index contributed by atoms with van der Waals surface area (Å²) < 4.78 is 5.23. The van der Waals surface area contributed by atoms with E-state index < -0.39 is 4.92 Å². The summed E-state index contributed by atoms with van der Waals surface area (Å²) in [5.74, 6) is -0.231. The van der Waals surface area contributed by atoms with E-state index >= 15 is 0 Å². The Bertz CT molecular complexity index is 979. The summed E-state index contributed by atoms with van der Waals surface area (Å²) in [7, 11) is 1.62. The molecule has 0 aliphatic rings. The molecule has 1 atom stereocenters. The van der Waals surface area contributed by atoms with Gasteiger partial charge in [0.1, 0.15) is 5.69 Å². The quantitative estimate of drug-likeness (QED) is 0.494. The molecule has 0 N–H and O–H groups in total. The Labute approximate surface area is 156 Å². The number of aryl methyl sites for hydroxylation is 1. The highest BCUT2D eigenvalue weighted by Gasteiger charge is 2.24. The third-order valence-corrected chi connectivity index (χ3v) is 4.53. The maximum absolute atomic E-state index is 12.7. The molecule has 138 valence electrons. The van der Waals surface area contributed by atoms with E-state index in [4.69, 9.17) is 4.52 Å². The van der Waals surface area contributed by atoms with Crippen molar-refractivity contribution in [1.29, 1.82) is 0 Å². The van der Waals surface area contributed by atoms with Gasteiger partial charge in [-0.05, 0) is 19.4 Å². The molecule has 0 radical (unpaired) electrons. The third kappa shape index (κ3) is 3.87. The van der Waals surface area contributed by atoms with Gasteiger partial charge in [-0.15, -0.1) is 0 Å². The number of carbonyl (C=O) groups is 1. The van der Waals surface area contributed by atoms with Crippen LogP contribution in [0.25, 0.3) is 11.3 Å². The molecule has 1 amide bonds. The number of aromatic nitrogens is 1. The van der Waals surface area contributed by atoms with Crippen LogP contribution in [0.15, 0.2) is 59.1 Å².